The summed E-state index contributed by atoms with van der Waals surface area (Å²) in [5.74, 6) is 0.0617. The molecule has 0 N–H and O–H groups in total. The minimum absolute atomic E-state index is 0.241. The van der Waals surface area contributed by atoms with Crippen LogP contribution in [0.3, 0.4) is 0 Å². The number of ether oxygens (including phenoxy) is 4. The van der Waals surface area contributed by atoms with Gasteiger partial charge in [-0.2, -0.15) is 0 Å². The van der Waals surface area contributed by atoms with E-state index < -0.39 is 24.4 Å². The maximum Gasteiger partial charge on any atom is 0.346 e. The minimum Gasteiger partial charge on any atom is -0.482 e. The molecule has 178 valence electrons. The highest BCUT2D eigenvalue weighted by Crippen LogP contribution is 2.23. The first-order chi connectivity index (χ1) is 16.4. The monoisotopic (exact) mass is 463 g/mol. The van der Waals surface area contributed by atoms with E-state index in [1.807, 2.05) is 67.6 Å². The largest absolute Gasteiger partial charge is 0.482 e. The molecular formula is C27H29NO6. The van der Waals surface area contributed by atoms with Crippen molar-refractivity contribution in [2.75, 3.05) is 18.1 Å². The van der Waals surface area contributed by atoms with Crippen LogP contribution in [0.5, 0.6) is 11.5 Å². The maximum absolute atomic E-state index is 12.4. The first kappa shape index (κ1) is 24.6. The van der Waals surface area contributed by atoms with Gasteiger partial charge in [0.25, 0.3) is 0 Å². The van der Waals surface area contributed by atoms with Crippen LogP contribution in [-0.4, -0.2) is 37.6 Å². The molecular weight excluding hydrogens is 434 g/mol. The maximum atomic E-state index is 12.4. The molecule has 2 unspecified atom stereocenters. The molecule has 0 bridgehead atoms. The molecule has 0 saturated carbocycles. The average molecular weight is 464 g/mol. The van der Waals surface area contributed by atoms with E-state index in [0.29, 0.717) is 11.5 Å². The molecule has 3 rings (SSSR count). The van der Waals surface area contributed by atoms with Crippen molar-refractivity contribution in [1.29, 1.82) is 0 Å². The molecule has 7 heteroatoms. The molecule has 0 aliphatic heterocycles. The van der Waals surface area contributed by atoms with Gasteiger partial charge < -0.3 is 23.8 Å². The summed E-state index contributed by atoms with van der Waals surface area (Å²) in [5, 5.41) is 0. The molecule has 0 radical (unpaired) electrons. The van der Waals surface area contributed by atoms with Gasteiger partial charge in [0.1, 0.15) is 11.5 Å². The molecule has 0 aliphatic carbocycles. The zero-order chi connectivity index (χ0) is 24.3. The number of rotatable bonds is 11. The quantitative estimate of drug-likeness (QED) is 0.300. The first-order valence-electron chi connectivity index (χ1n) is 11.0. The van der Waals surface area contributed by atoms with Crippen molar-refractivity contribution in [3.05, 3.63) is 90.5 Å². The van der Waals surface area contributed by atoms with Gasteiger partial charge in [0.2, 0.25) is 0 Å². The molecule has 0 fully saturated rings. The lowest BCUT2D eigenvalue weighted by Gasteiger charge is -2.35. The van der Waals surface area contributed by atoms with E-state index in [1.165, 1.54) is 0 Å². The van der Waals surface area contributed by atoms with Gasteiger partial charge in [-0.25, -0.2) is 9.59 Å². The zero-order valence-electron chi connectivity index (χ0n) is 19.5. The van der Waals surface area contributed by atoms with Gasteiger partial charge >= 0.3 is 11.9 Å². The Balaban J connectivity index is 1.63. The van der Waals surface area contributed by atoms with Gasteiger partial charge in [-0.05, 0) is 62.7 Å². The smallest absolute Gasteiger partial charge is 0.346 e. The number of benzene rings is 3. The van der Waals surface area contributed by atoms with Crippen LogP contribution in [0.25, 0.3) is 0 Å². The van der Waals surface area contributed by atoms with Gasteiger partial charge in [-0.1, -0.05) is 48.5 Å². The number of aryl methyl sites for hydroxylation is 1. The van der Waals surface area contributed by atoms with E-state index >= 15 is 0 Å². The molecule has 7 nitrogen and oxygen atoms in total. The van der Waals surface area contributed by atoms with Crippen molar-refractivity contribution in [1.82, 2.24) is 0 Å². The van der Waals surface area contributed by atoms with E-state index in [2.05, 4.69) is 0 Å². The summed E-state index contributed by atoms with van der Waals surface area (Å²) < 4.78 is 22.2. The fourth-order valence-electron chi connectivity index (χ4n) is 3.38. The third-order valence-corrected chi connectivity index (χ3v) is 4.89. The lowest BCUT2D eigenvalue weighted by molar-refractivity contribution is -0.156. The Morgan fingerprint density at radius 2 is 1.18 bits per heavy atom. The highest BCUT2D eigenvalue weighted by Gasteiger charge is 2.27. The second kappa shape index (κ2) is 12.3. The van der Waals surface area contributed by atoms with Gasteiger partial charge in [-0.3, -0.25) is 0 Å². The Bertz CT molecular complexity index is 993. The summed E-state index contributed by atoms with van der Waals surface area (Å²) in [6.07, 6.45) is -1.46. The van der Waals surface area contributed by atoms with Crippen LogP contribution in [0.15, 0.2) is 84.9 Å². The first-order valence-corrected chi connectivity index (χ1v) is 11.0. The van der Waals surface area contributed by atoms with Crippen molar-refractivity contribution in [2.45, 2.75) is 33.2 Å². The van der Waals surface area contributed by atoms with E-state index in [1.54, 1.807) is 43.0 Å². The van der Waals surface area contributed by atoms with Crippen LogP contribution in [0.4, 0.5) is 5.69 Å². The minimum atomic E-state index is -0.730. The number of carbonyl (C=O) groups is 2. The molecule has 0 aromatic heterocycles. The third kappa shape index (κ3) is 7.55. The predicted octanol–water partition coefficient (Wildman–Crippen LogP) is 4.74. The predicted molar refractivity (Wildman–Crippen MR) is 129 cm³/mol. The van der Waals surface area contributed by atoms with Gasteiger partial charge in [-0.15, -0.1) is 0 Å². The third-order valence-electron chi connectivity index (χ3n) is 4.89. The topological polar surface area (TPSA) is 74.3 Å². The second-order valence-electron chi connectivity index (χ2n) is 7.63. The van der Waals surface area contributed by atoms with Crippen LogP contribution in [0, 0.1) is 6.92 Å². The number of hydrogen-bond donors (Lipinski definition) is 0. The Labute approximate surface area is 199 Å². The van der Waals surface area contributed by atoms with Gasteiger partial charge in [0.05, 0.1) is 0 Å². The SMILES string of the molecule is Cc1cccc(N(C(C)OC(=O)COc2ccccc2)C(C)OC(=O)COc2ccccc2)c1. The van der Waals surface area contributed by atoms with E-state index in [4.69, 9.17) is 18.9 Å². The number of anilines is 1. The van der Waals surface area contributed by atoms with Crippen LogP contribution < -0.4 is 14.4 Å². The summed E-state index contributed by atoms with van der Waals surface area (Å²) in [5.41, 5.74) is 1.76. The number of esters is 2. The fraction of sp³-hybridized carbons (Fsp3) is 0.259. The van der Waals surface area contributed by atoms with Crippen molar-refractivity contribution < 1.29 is 28.5 Å². The van der Waals surface area contributed by atoms with Gasteiger partial charge in [0, 0.05) is 5.69 Å². The molecule has 34 heavy (non-hydrogen) atoms. The molecule has 0 spiro atoms. The van der Waals surface area contributed by atoms with Crippen LogP contribution >= 0.6 is 0 Å². The molecule has 0 amide bonds. The molecule has 2 atom stereocenters. The standard InChI is InChI=1S/C27H29NO6/c1-20-11-10-12-23(17-20)28(21(2)33-26(29)18-31-24-13-6-4-7-14-24)22(3)34-27(30)19-32-25-15-8-5-9-16-25/h4-17,21-22H,18-19H2,1-3H3. The Kier molecular flexibility index (Phi) is 8.91. The Morgan fingerprint density at radius 3 is 1.62 bits per heavy atom. The van der Waals surface area contributed by atoms with Crippen molar-refractivity contribution in [2.24, 2.45) is 0 Å². The Morgan fingerprint density at radius 1 is 0.706 bits per heavy atom. The summed E-state index contributed by atoms with van der Waals surface area (Å²) in [4.78, 5) is 26.6. The molecule has 0 heterocycles. The summed E-state index contributed by atoms with van der Waals surface area (Å²) in [6, 6.07) is 25.7. The molecule has 3 aromatic carbocycles. The van der Waals surface area contributed by atoms with Crippen molar-refractivity contribution in [3.8, 4) is 11.5 Å². The van der Waals surface area contributed by atoms with Crippen LogP contribution in [-0.2, 0) is 19.1 Å². The lowest BCUT2D eigenvalue weighted by atomic mass is 10.2. The van der Waals surface area contributed by atoms with Crippen molar-refractivity contribution >= 4 is 17.6 Å². The molecule has 0 saturated heterocycles. The Hall–Kier alpha value is -4.00. The van der Waals surface area contributed by atoms with Crippen LogP contribution in [0.2, 0.25) is 0 Å². The van der Waals surface area contributed by atoms with E-state index in [-0.39, 0.29) is 13.2 Å². The summed E-state index contributed by atoms with van der Waals surface area (Å²) >= 11 is 0. The molecule has 3 aromatic rings. The number of carbonyl (C=O) groups excluding carboxylic acids is 2. The number of nitrogens with zero attached hydrogens (tertiary/aromatic N) is 1. The summed E-state index contributed by atoms with van der Waals surface area (Å²) in [7, 11) is 0. The number of para-hydroxylation sites is 2. The highest BCUT2D eigenvalue weighted by atomic mass is 16.6. The van der Waals surface area contributed by atoms with Crippen molar-refractivity contribution in [3.63, 3.8) is 0 Å². The lowest BCUT2D eigenvalue weighted by Crippen LogP contribution is -2.46. The van der Waals surface area contributed by atoms with E-state index in [0.717, 1.165) is 11.3 Å². The highest BCUT2D eigenvalue weighted by molar-refractivity contribution is 5.72. The number of hydrogen-bond acceptors (Lipinski definition) is 7. The van der Waals surface area contributed by atoms with Gasteiger partial charge in [0.15, 0.2) is 25.7 Å². The molecule has 0 aliphatic rings. The second-order valence-corrected chi connectivity index (χ2v) is 7.63. The summed E-state index contributed by atoms with van der Waals surface area (Å²) in [6.45, 7) is 4.90. The van der Waals surface area contributed by atoms with Crippen LogP contribution in [0.1, 0.15) is 19.4 Å². The zero-order valence-corrected chi connectivity index (χ0v) is 19.5. The fourth-order valence-corrected chi connectivity index (χ4v) is 3.38. The normalized spacial score (nSPS) is 12.2. The van der Waals surface area contributed by atoms with E-state index in [9.17, 15) is 9.59 Å². The average Bonchev–Trinajstić information content (AvgIpc) is 2.83.